The first-order valence-electron chi connectivity index (χ1n) is 6.72. The van der Waals surface area contributed by atoms with Gasteiger partial charge in [-0.05, 0) is 31.1 Å². The van der Waals surface area contributed by atoms with Crippen LogP contribution in [0.2, 0.25) is 0 Å². The molecular weight excluding hydrogens is 230 g/mol. The van der Waals surface area contributed by atoms with Gasteiger partial charge in [0.05, 0.1) is 7.11 Å². The maximum atomic E-state index is 12.1. The number of esters is 1. The Hall–Kier alpha value is -1.06. The van der Waals surface area contributed by atoms with Crippen LogP contribution in [0.25, 0.3) is 0 Å². The minimum atomic E-state index is -0.350. The molecule has 1 aliphatic rings. The van der Waals surface area contributed by atoms with E-state index in [2.05, 4.69) is 20.8 Å². The summed E-state index contributed by atoms with van der Waals surface area (Å²) >= 11 is 0. The number of ether oxygens (including phenoxy) is 1. The molecule has 1 unspecified atom stereocenters. The van der Waals surface area contributed by atoms with Crippen molar-refractivity contribution in [1.82, 2.24) is 4.90 Å². The monoisotopic (exact) mass is 255 g/mol. The maximum Gasteiger partial charge on any atom is 0.328 e. The Kier molecular flexibility index (Phi) is 5.17. The lowest BCUT2D eigenvalue weighted by atomic mass is 9.90. The number of rotatable bonds is 4. The molecule has 4 heteroatoms. The zero-order valence-corrected chi connectivity index (χ0v) is 12.0. The largest absolute Gasteiger partial charge is 0.467 e. The minimum Gasteiger partial charge on any atom is -0.467 e. The van der Waals surface area contributed by atoms with Crippen LogP contribution >= 0.6 is 0 Å². The van der Waals surface area contributed by atoms with Gasteiger partial charge < -0.3 is 9.64 Å². The van der Waals surface area contributed by atoms with E-state index < -0.39 is 0 Å². The molecule has 0 aromatic heterocycles. The molecule has 1 heterocycles. The average Bonchev–Trinajstić information content (AvgIpc) is 2.75. The smallest absolute Gasteiger partial charge is 0.328 e. The van der Waals surface area contributed by atoms with E-state index in [-0.39, 0.29) is 23.3 Å². The maximum absolute atomic E-state index is 12.1. The first-order chi connectivity index (χ1) is 8.35. The molecule has 18 heavy (non-hydrogen) atoms. The van der Waals surface area contributed by atoms with E-state index in [1.807, 2.05) is 0 Å². The summed E-state index contributed by atoms with van der Waals surface area (Å²) in [5, 5.41) is 0. The fourth-order valence-corrected chi connectivity index (χ4v) is 2.36. The lowest BCUT2D eigenvalue weighted by molar-refractivity contribution is -0.151. The topological polar surface area (TPSA) is 46.6 Å². The summed E-state index contributed by atoms with van der Waals surface area (Å²) in [5.41, 5.74) is 0.257. The molecule has 0 bridgehead atoms. The van der Waals surface area contributed by atoms with Crippen molar-refractivity contribution in [2.24, 2.45) is 5.41 Å². The second kappa shape index (κ2) is 6.21. The van der Waals surface area contributed by atoms with Crippen LogP contribution in [0.4, 0.5) is 0 Å². The van der Waals surface area contributed by atoms with Crippen molar-refractivity contribution in [3.8, 4) is 0 Å². The highest BCUT2D eigenvalue weighted by molar-refractivity contribution is 5.85. The molecule has 1 rings (SSSR count). The van der Waals surface area contributed by atoms with E-state index in [1.54, 1.807) is 4.90 Å². The summed E-state index contributed by atoms with van der Waals surface area (Å²) in [7, 11) is 1.38. The predicted molar refractivity (Wildman–Crippen MR) is 70.1 cm³/mol. The molecule has 4 nitrogen and oxygen atoms in total. The lowest BCUT2D eigenvalue weighted by Crippen LogP contribution is -2.41. The van der Waals surface area contributed by atoms with Gasteiger partial charge in [-0.15, -0.1) is 0 Å². The number of nitrogens with zero attached hydrogens (tertiary/aromatic N) is 1. The van der Waals surface area contributed by atoms with E-state index in [9.17, 15) is 9.59 Å². The summed E-state index contributed by atoms with van der Waals surface area (Å²) in [5.74, 6) is -0.191. The van der Waals surface area contributed by atoms with E-state index in [4.69, 9.17) is 4.74 Å². The zero-order valence-electron chi connectivity index (χ0n) is 12.0. The first kappa shape index (κ1) is 15.0. The van der Waals surface area contributed by atoms with Gasteiger partial charge in [0.25, 0.3) is 0 Å². The van der Waals surface area contributed by atoms with Crippen LogP contribution in [-0.2, 0) is 14.3 Å². The van der Waals surface area contributed by atoms with Crippen molar-refractivity contribution in [2.75, 3.05) is 13.7 Å². The quantitative estimate of drug-likeness (QED) is 0.724. The Morgan fingerprint density at radius 3 is 2.56 bits per heavy atom. The molecule has 0 radical (unpaired) electrons. The summed E-state index contributed by atoms with van der Waals surface area (Å²) in [6.45, 7) is 7.20. The van der Waals surface area contributed by atoms with Gasteiger partial charge in [0.2, 0.25) is 5.91 Å². The van der Waals surface area contributed by atoms with Crippen LogP contribution in [0, 0.1) is 5.41 Å². The number of amides is 1. The fraction of sp³-hybridized carbons (Fsp3) is 0.857. The van der Waals surface area contributed by atoms with Gasteiger partial charge in [0, 0.05) is 13.0 Å². The Morgan fingerprint density at radius 2 is 2.00 bits per heavy atom. The van der Waals surface area contributed by atoms with Gasteiger partial charge >= 0.3 is 5.97 Å². The number of methoxy groups -OCH3 is 1. The molecule has 0 aromatic carbocycles. The Morgan fingerprint density at radius 1 is 1.33 bits per heavy atom. The fourth-order valence-electron chi connectivity index (χ4n) is 2.36. The Balaban J connectivity index is 2.43. The van der Waals surface area contributed by atoms with Gasteiger partial charge in [-0.3, -0.25) is 4.79 Å². The number of hydrogen-bond donors (Lipinski definition) is 0. The number of hydrogen-bond acceptors (Lipinski definition) is 3. The van der Waals surface area contributed by atoms with Gasteiger partial charge in [-0.1, -0.05) is 20.8 Å². The van der Waals surface area contributed by atoms with Crippen LogP contribution in [0.1, 0.15) is 52.9 Å². The highest BCUT2D eigenvalue weighted by atomic mass is 16.5. The second-order valence-electron chi connectivity index (χ2n) is 6.18. The van der Waals surface area contributed by atoms with Crippen molar-refractivity contribution in [2.45, 2.75) is 58.9 Å². The molecule has 1 atom stereocenters. The van der Waals surface area contributed by atoms with Gasteiger partial charge in [0.15, 0.2) is 0 Å². The average molecular weight is 255 g/mol. The SMILES string of the molecule is COC(=O)C1CCCN1C(=O)CCCC(C)(C)C. The molecule has 1 fully saturated rings. The zero-order chi connectivity index (χ0) is 13.8. The third-order valence-electron chi connectivity index (χ3n) is 3.36. The number of carbonyl (C=O) groups excluding carboxylic acids is 2. The Bertz CT molecular complexity index is 307. The normalized spacial score (nSPS) is 20.0. The number of likely N-dealkylation sites (tertiary alicyclic amines) is 1. The molecule has 104 valence electrons. The minimum absolute atomic E-state index is 0.0900. The van der Waals surface area contributed by atoms with Crippen molar-refractivity contribution in [3.63, 3.8) is 0 Å². The molecule has 0 aliphatic carbocycles. The van der Waals surface area contributed by atoms with Gasteiger partial charge in [-0.25, -0.2) is 4.79 Å². The molecule has 0 saturated carbocycles. The molecule has 1 aliphatic heterocycles. The lowest BCUT2D eigenvalue weighted by Gasteiger charge is -2.23. The third-order valence-corrected chi connectivity index (χ3v) is 3.36. The summed E-state index contributed by atoms with van der Waals surface area (Å²) in [6, 6.07) is -0.350. The molecular formula is C14H25NO3. The van der Waals surface area contributed by atoms with Crippen LogP contribution in [0.3, 0.4) is 0 Å². The summed E-state index contributed by atoms with van der Waals surface area (Å²) in [6.07, 6.45) is 4.06. The molecule has 0 spiro atoms. The summed E-state index contributed by atoms with van der Waals surface area (Å²) in [4.78, 5) is 25.3. The van der Waals surface area contributed by atoms with Crippen LogP contribution in [0.5, 0.6) is 0 Å². The highest BCUT2D eigenvalue weighted by Crippen LogP contribution is 2.24. The first-order valence-corrected chi connectivity index (χ1v) is 6.72. The number of carbonyl (C=O) groups is 2. The van der Waals surface area contributed by atoms with Crippen molar-refractivity contribution < 1.29 is 14.3 Å². The molecule has 1 saturated heterocycles. The van der Waals surface area contributed by atoms with Gasteiger partial charge in [-0.2, -0.15) is 0 Å². The van der Waals surface area contributed by atoms with E-state index in [1.165, 1.54) is 7.11 Å². The third kappa shape index (κ3) is 4.31. The van der Waals surface area contributed by atoms with E-state index in [0.717, 1.165) is 25.7 Å². The van der Waals surface area contributed by atoms with Crippen LogP contribution in [0.15, 0.2) is 0 Å². The van der Waals surface area contributed by atoms with Crippen molar-refractivity contribution >= 4 is 11.9 Å². The molecule has 1 amide bonds. The van der Waals surface area contributed by atoms with E-state index in [0.29, 0.717) is 13.0 Å². The summed E-state index contributed by atoms with van der Waals surface area (Å²) < 4.78 is 4.74. The van der Waals surface area contributed by atoms with Crippen molar-refractivity contribution in [1.29, 1.82) is 0 Å². The van der Waals surface area contributed by atoms with Crippen LogP contribution < -0.4 is 0 Å². The van der Waals surface area contributed by atoms with E-state index >= 15 is 0 Å². The predicted octanol–water partition coefficient (Wildman–Crippen LogP) is 2.37. The second-order valence-corrected chi connectivity index (χ2v) is 6.18. The molecule has 0 N–H and O–H groups in total. The van der Waals surface area contributed by atoms with Gasteiger partial charge in [0.1, 0.15) is 6.04 Å². The van der Waals surface area contributed by atoms with Crippen molar-refractivity contribution in [3.05, 3.63) is 0 Å². The van der Waals surface area contributed by atoms with Crippen LogP contribution in [-0.4, -0.2) is 36.5 Å². The Labute approximate surface area is 110 Å². The molecule has 0 aromatic rings. The standard InChI is InChI=1S/C14H25NO3/c1-14(2,3)9-5-8-12(16)15-10-6-7-11(15)13(17)18-4/h11H,5-10H2,1-4H3. The highest BCUT2D eigenvalue weighted by Gasteiger charge is 2.34.